The highest BCUT2D eigenvalue weighted by molar-refractivity contribution is 5.91. The predicted molar refractivity (Wildman–Crippen MR) is 103 cm³/mol. The quantitative estimate of drug-likeness (QED) is 0.694. The zero-order valence-corrected chi connectivity index (χ0v) is 15.5. The Morgan fingerprint density at radius 1 is 1.04 bits per heavy atom. The first-order valence-corrected chi connectivity index (χ1v) is 8.75. The number of amides is 1. The Hall–Kier alpha value is -3.35. The number of carbonyl (C=O) groups is 1. The van der Waals surface area contributed by atoms with Crippen LogP contribution in [0.4, 0.5) is 5.82 Å². The molecule has 0 aliphatic heterocycles. The second-order valence-electron chi connectivity index (χ2n) is 6.20. The summed E-state index contributed by atoms with van der Waals surface area (Å²) >= 11 is 0. The largest absolute Gasteiger partial charge is 0.359 e. The summed E-state index contributed by atoms with van der Waals surface area (Å²) in [6.45, 7) is 2.97. The van der Waals surface area contributed by atoms with Crippen LogP contribution in [0.25, 0.3) is 0 Å². The topological polar surface area (TPSA) is 83.9 Å². The van der Waals surface area contributed by atoms with Gasteiger partial charge in [0.15, 0.2) is 0 Å². The number of hydrogen-bond donors (Lipinski definition) is 1. The van der Waals surface area contributed by atoms with Crippen LogP contribution in [0.1, 0.15) is 27.4 Å². The number of rotatable bonds is 7. The van der Waals surface area contributed by atoms with Crippen LogP contribution in [0.15, 0.2) is 55.1 Å². The minimum atomic E-state index is -0.256. The lowest BCUT2D eigenvalue weighted by Gasteiger charge is -2.21. The molecule has 0 fully saturated rings. The fourth-order valence-electron chi connectivity index (χ4n) is 2.62. The molecule has 138 valence electrons. The number of nitrogens with one attached hydrogen (secondary N) is 1. The molecule has 7 nitrogen and oxygen atoms in total. The average Bonchev–Trinajstić information content (AvgIpc) is 2.71. The standard InChI is InChI=1S/C20H22N6O/c1-15-12-24-18(14-23-15)20(27)25-13-16-6-5-10-22-19(16)26(2)11-8-17-7-3-4-9-21-17/h3-7,9-10,12,14H,8,11,13H2,1-2H3,(H,25,27). The highest BCUT2D eigenvalue weighted by Crippen LogP contribution is 2.16. The van der Waals surface area contributed by atoms with Crippen LogP contribution < -0.4 is 10.2 Å². The third-order valence-corrected chi connectivity index (χ3v) is 4.11. The third kappa shape index (κ3) is 5.07. The zero-order chi connectivity index (χ0) is 19.1. The van der Waals surface area contributed by atoms with Crippen LogP contribution in [0.5, 0.6) is 0 Å². The lowest BCUT2D eigenvalue weighted by Crippen LogP contribution is -2.27. The molecular weight excluding hydrogens is 340 g/mol. The Morgan fingerprint density at radius 2 is 1.89 bits per heavy atom. The molecule has 1 N–H and O–H groups in total. The maximum absolute atomic E-state index is 12.3. The van der Waals surface area contributed by atoms with Crippen molar-refractivity contribution in [1.29, 1.82) is 0 Å². The number of likely N-dealkylation sites (N-methyl/N-ethyl adjacent to an activating group) is 1. The summed E-state index contributed by atoms with van der Waals surface area (Å²) in [4.78, 5) is 31.4. The molecule has 0 aliphatic rings. The Labute approximate surface area is 158 Å². The van der Waals surface area contributed by atoms with E-state index in [1.807, 2.05) is 44.3 Å². The van der Waals surface area contributed by atoms with Crippen molar-refractivity contribution in [3.8, 4) is 0 Å². The number of aryl methyl sites for hydroxylation is 1. The van der Waals surface area contributed by atoms with Crippen molar-refractivity contribution in [1.82, 2.24) is 25.3 Å². The Kier molecular flexibility index (Phi) is 6.04. The van der Waals surface area contributed by atoms with Crippen LogP contribution in [0, 0.1) is 6.92 Å². The molecular formula is C20H22N6O. The summed E-state index contributed by atoms with van der Waals surface area (Å²) in [7, 11) is 1.99. The molecule has 0 spiro atoms. The maximum Gasteiger partial charge on any atom is 0.271 e. The molecule has 3 rings (SSSR count). The molecule has 27 heavy (non-hydrogen) atoms. The molecule has 0 bridgehead atoms. The van der Waals surface area contributed by atoms with Crippen molar-refractivity contribution in [2.75, 3.05) is 18.5 Å². The van der Waals surface area contributed by atoms with Crippen LogP contribution in [0.2, 0.25) is 0 Å². The van der Waals surface area contributed by atoms with E-state index in [9.17, 15) is 4.79 Å². The van der Waals surface area contributed by atoms with Crippen LogP contribution in [-0.2, 0) is 13.0 Å². The summed E-state index contributed by atoms with van der Waals surface area (Å²) in [6, 6.07) is 9.73. The molecule has 0 saturated carbocycles. The summed E-state index contributed by atoms with van der Waals surface area (Å²) < 4.78 is 0. The number of anilines is 1. The third-order valence-electron chi connectivity index (χ3n) is 4.11. The van der Waals surface area contributed by atoms with E-state index in [2.05, 4.69) is 30.2 Å². The Balaban J connectivity index is 1.62. The highest BCUT2D eigenvalue weighted by atomic mass is 16.1. The molecule has 3 heterocycles. The van der Waals surface area contributed by atoms with Gasteiger partial charge in [0.1, 0.15) is 11.5 Å². The smallest absolute Gasteiger partial charge is 0.271 e. The van der Waals surface area contributed by atoms with Crippen molar-refractivity contribution in [3.05, 3.63) is 77.8 Å². The van der Waals surface area contributed by atoms with Crippen molar-refractivity contribution >= 4 is 11.7 Å². The van der Waals surface area contributed by atoms with Gasteiger partial charge in [-0.3, -0.25) is 14.8 Å². The minimum Gasteiger partial charge on any atom is -0.359 e. The lowest BCUT2D eigenvalue weighted by molar-refractivity contribution is 0.0945. The highest BCUT2D eigenvalue weighted by Gasteiger charge is 2.12. The number of pyridine rings is 2. The van der Waals surface area contributed by atoms with Gasteiger partial charge in [-0.25, -0.2) is 9.97 Å². The van der Waals surface area contributed by atoms with E-state index in [0.29, 0.717) is 12.2 Å². The van der Waals surface area contributed by atoms with Gasteiger partial charge in [-0.1, -0.05) is 12.1 Å². The van der Waals surface area contributed by atoms with Gasteiger partial charge < -0.3 is 10.2 Å². The summed E-state index contributed by atoms with van der Waals surface area (Å²) in [5.41, 5.74) is 3.05. The number of aromatic nitrogens is 4. The maximum atomic E-state index is 12.3. The molecule has 3 aromatic rings. The van der Waals surface area contributed by atoms with E-state index in [0.717, 1.165) is 35.7 Å². The Bertz CT molecular complexity index is 882. The van der Waals surface area contributed by atoms with Gasteiger partial charge in [0.05, 0.1) is 11.9 Å². The predicted octanol–water partition coefficient (Wildman–Crippen LogP) is 2.18. The summed E-state index contributed by atoms with van der Waals surface area (Å²) in [5.74, 6) is 0.581. The van der Waals surface area contributed by atoms with Gasteiger partial charge in [-0.15, -0.1) is 0 Å². The molecule has 0 atom stereocenters. The van der Waals surface area contributed by atoms with Crippen molar-refractivity contribution in [3.63, 3.8) is 0 Å². The van der Waals surface area contributed by atoms with Gasteiger partial charge in [0.25, 0.3) is 5.91 Å². The molecule has 7 heteroatoms. The van der Waals surface area contributed by atoms with Crippen LogP contribution in [-0.4, -0.2) is 39.4 Å². The first-order chi connectivity index (χ1) is 13.1. The first-order valence-electron chi connectivity index (χ1n) is 8.75. The van der Waals surface area contributed by atoms with Crippen molar-refractivity contribution in [2.45, 2.75) is 19.9 Å². The van der Waals surface area contributed by atoms with E-state index in [-0.39, 0.29) is 5.91 Å². The molecule has 0 saturated heterocycles. The number of nitrogens with zero attached hydrogens (tertiary/aromatic N) is 5. The van der Waals surface area contributed by atoms with E-state index < -0.39 is 0 Å². The SMILES string of the molecule is Cc1cnc(C(=O)NCc2cccnc2N(C)CCc2ccccn2)cn1. The Morgan fingerprint density at radius 3 is 2.63 bits per heavy atom. The van der Waals surface area contributed by atoms with E-state index in [4.69, 9.17) is 0 Å². The normalized spacial score (nSPS) is 10.4. The summed E-state index contributed by atoms with van der Waals surface area (Å²) in [5, 5.41) is 2.88. The molecule has 0 unspecified atom stereocenters. The monoisotopic (exact) mass is 362 g/mol. The van der Waals surface area contributed by atoms with E-state index in [1.54, 1.807) is 18.6 Å². The zero-order valence-electron chi connectivity index (χ0n) is 15.5. The second kappa shape index (κ2) is 8.84. The van der Waals surface area contributed by atoms with E-state index in [1.165, 1.54) is 6.20 Å². The average molecular weight is 362 g/mol. The molecule has 0 radical (unpaired) electrons. The molecule has 3 aromatic heterocycles. The molecule has 1 amide bonds. The fraction of sp³-hybridized carbons (Fsp3) is 0.250. The lowest BCUT2D eigenvalue weighted by atomic mass is 10.2. The van der Waals surface area contributed by atoms with Gasteiger partial charge >= 0.3 is 0 Å². The van der Waals surface area contributed by atoms with Crippen molar-refractivity contribution in [2.24, 2.45) is 0 Å². The summed E-state index contributed by atoms with van der Waals surface area (Å²) in [6.07, 6.45) is 7.43. The minimum absolute atomic E-state index is 0.256. The number of carbonyl (C=O) groups excluding carboxylic acids is 1. The molecule has 0 aromatic carbocycles. The molecule has 0 aliphatic carbocycles. The van der Waals surface area contributed by atoms with Gasteiger partial charge in [-0.05, 0) is 25.1 Å². The van der Waals surface area contributed by atoms with Gasteiger partial charge in [-0.2, -0.15) is 0 Å². The van der Waals surface area contributed by atoms with Gasteiger partial charge in [0.2, 0.25) is 0 Å². The van der Waals surface area contributed by atoms with Crippen molar-refractivity contribution < 1.29 is 4.79 Å². The fourth-order valence-corrected chi connectivity index (χ4v) is 2.62. The first kappa shape index (κ1) is 18.4. The van der Waals surface area contributed by atoms with Crippen LogP contribution in [0.3, 0.4) is 0 Å². The van der Waals surface area contributed by atoms with E-state index >= 15 is 0 Å². The van der Waals surface area contributed by atoms with Crippen LogP contribution >= 0.6 is 0 Å². The van der Waals surface area contributed by atoms with Gasteiger partial charge in [0, 0.05) is 56.4 Å². The second-order valence-corrected chi connectivity index (χ2v) is 6.20. The number of hydrogen-bond acceptors (Lipinski definition) is 6.